The molecule has 1 aliphatic rings. The summed E-state index contributed by atoms with van der Waals surface area (Å²) in [4.78, 5) is 24.9. The van der Waals surface area contributed by atoms with Crippen molar-refractivity contribution in [2.75, 3.05) is 19.7 Å². The number of ether oxygens (including phenoxy) is 2. The number of hydrogen-bond acceptors (Lipinski definition) is 4. The summed E-state index contributed by atoms with van der Waals surface area (Å²) in [5.74, 6) is -0.907. The van der Waals surface area contributed by atoms with E-state index in [2.05, 4.69) is 0 Å². The minimum Gasteiger partial charge on any atom is -0.464 e. The maximum atomic E-state index is 14.6. The zero-order valence-corrected chi connectivity index (χ0v) is 12.6. The Kier molecular flexibility index (Phi) is 5.35. The molecule has 1 heterocycles. The lowest BCUT2D eigenvalue weighted by Gasteiger charge is -2.34. The highest BCUT2D eigenvalue weighted by atomic mass is 19.1. The molecule has 0 N–H and O–H groups in total. The molecule has 1 amide bonds. The van der Waals surface area contributed by atoms with E-state index in [-0.39, 0.29) is 26.2 Å². The Morgan fingerprint density at radius 1 is 1.27 bits per heavy atom. The number of nitrogens with zero attached hydrogens (tertiary/aromatic N) is 1. The van der Waals surface area contributed by atoms with Gasteiger partial charge in [0.25, 0.3) is 0 Å². The summed E-state index contributed by atoms with van der Waals surface area (Å²) in [7, 11) is 0. The third-order valence-corrected chi connectivity index (χ3v) is 3.55. The summed E-state index contributed by atoms with van der Waals surface area (Å²) < 4.78 is 24.5. The number of halogens is 1. The minimum absolute atomic E-state index is 0.0638. The molecule has 0 aliphatic carbocycles. The number of hydrogen-bond donors (Lipinski definition) is 0. The van der Waals surface area contributed by atoms with Gasteiger partial charge in [-0.2, -0.15) is 0 Å². The van der Waals surface area contributed by atoms with E-state index in [0.717, 1.165) is 5.56 Å². The molecule has 2 rings (SSSR count). The molecule has 0 unspecified atom stereocenters. The Labute approximate surface area is 129 Å². The normalized spacial score (nSPS) is 21.3. The van der Waals surface area contributed by atoms with Crippen molar-refractivity contribution in [3.63, 3.8) is 0 Å². The summed E-state index contributed by atoms with van der Waals surface area (Å²) in [5.41, 5.74) is -1.29. The molecule has 1 fully saturated rings. The first-order chi connectivity index (χ1) is 10.5. The number of amides is 1. The highest BCUT2D eigenvalue weighted by Crippen LogP contribution is 2.27. The summed E-state index contributed by atoms with van der Waals surface area (Å²) in [6.07, 6.45) is -0.154. The van der Waals surface area contributed by atoms with Crippen LogP contribution in [0.15, 0.2) is 30.3 Å². The van der Waals surface area contributed by atoms with E-state index in [9.17, 15) is 14.0 Å². The van der Waals surface area contributed by atoms with Crippen LogP contribution in [0.1, 0.15) is 25.3 Å². The third-order valence-electron chi connectivity index (χ3n) is 3.55. The van der Waals surface area contributed by atoms with Crippen molar-refractivity contribution in [3.8, 4) is 0 Å². The molecule has 0 spiro atoms. The van der Waals surface area contributed by atoms with Crippen LogP contribution in [-0.2, 0) is 20.9 Å². The van der Waals surface area contributed by atoms with E-state index in [4.69, 9.17) is 9.47 Å². The van der Waals surface area contributed by atoms with Crippen molar-refractivity contribution < 1.29 is 23.5 Å². The summed E-state index contributed by atoms with van der Waals surface area (Å²) in [6.45, 7) is 1.91. The first kappa shape index (κ1) is 16.3. The smallest absolute Gasteiger partial charge is 0.410 e. The van der Waals surface area contributed by atoms with Crippen molar-refractivity contribution in [1.82, 2.24) is 4.90 Å². The van der Waals surface area contributed by atoms with Crippen LogP contribution in [0.25, 0.3) is 0 Å². The topological polar surface area (TPSA) is 55.8 Å². The minimum atomic E-state index is -2.14. The molecule has 1 aromatic rings. The molecule has 22 heavy (non-hydrogen) atoms. The van der Waals surface area contributed by atoms with Gasteiger partial charge in [-0.3, -0.25) is 0 Å². The molecule has 0 radical (unpaired) electrons. The Balaban J connectivity index is 1.91. The second-order valence-corrected chi connectivity index (χ2v) is 5.25. The van der Waals surface area contributed by atoms with Gasteiger partial charge in [0.05, 0.1) is 13.2 Å². The van der Waals surface area contributed by atoms with E-state index in [1.54, 1.807) is 6.92 Å². The highest BCUT2D eigenvalue weighted by molar-refractivity contribution is 5.81. The summed E-state index contributed by atoms with van der Waals surface area (Å²) >= 11 is 0. The largest absolute Gasteiger partial charge is 0.464 e. The zero-order chi connectivity index (χ0) is 16.0. The van der Waals surface area contributed by atoms with Crippen LogP contribution in [0.4, 0.5) is 9.18 Å². The predicted octanol–water partition coefficient (Wildman–Crippen LogP) is 2.69. The number of likely N-dealkylation sites (tertiary alicyclic amines) is 1. The first-order valence-corrected chi connectivity index (χ1v) is 7.37. The Hall–Kier alpha value is -2.11. The van der Waals surface area contributed by atoms with Crippen LogP contribution in [0, 0.1) is 0 Å². The molecule has 120 valence electrons. The average Bonchev–Trinajstić information content (AvgIpc) is 2.54. The molecule has 0 bridgehead atoms. The van der Waals surface area contributed by atoms with E-state index in [1.165, 1.54) is 4.90 Å². The van der Waals surface area contributed by atoms with E-state index >= 15 is 0 Å². The van der Waals surface area contributed by atoms with Gasteiger partial charge < -0.3 is 14.4 Å². The number of carbonyl (C=O) groups is 2. The monoisotopic (exact) mass is 309 g/mol. The number of benzene rings is 1. The lowest BCUT2D eigenvalue weighted by Crippen LogP contribution is -2.52. The Bertz CT molecular complexity index is 522. The third kappa shape index (κ3) is 3.96. The number of esters is 1. The molecule has 5 nitrogen and oxygen atoms in total. The average molecular weight is 309 g/mol. The van der Waals surface area contributed by atoms with Crippen LogP contribution in [0.3, 0.4) is 0 Å². The number of piperidine rings is 1. The van der Waals surface area contributed by atoms with Crippen molar-refractivity contribution >= 4 is 12.1 Å². The van der Waals surface area contributed by atoms with Gasteiger partial charge in [0, 0.05) is 6.54 Å². The molecule has 0 aromatic heterocycles. The molecule has 0 saturated carbocycles. The summed E-state index contributed by atoms with van der Waals surface area (Å²) in [5, 5.41) is 0. The number of rotatable bonds is 4. The lowest BCUT2D eigenvalue weighted by molar-refractivity contribution is -0.160. The van der Waals surface area contributed by atoms with Crippen molar-refractivity contribution in [2.45, 2.75) is 32.0 Å². The fraction of sp³-hybridized carbons (Fsp3) is 0.500. The van der Waals surface area contributed by atoms with Gasteiger partial charge in [-0.1, -0.05) is 30.3 Å². The lowest BCUT2D eigenvalue weighted by atomic mass is 9.95. The molecule has 6 heteroatoms. The van der Waals surface area contributed by atoms with Crippen molar-refractivity contribution in [2.24, 2.45) is 0 Å². The molecule has 1 aromatic carbocycles. The van der Waals surface area contributed by atoms with Crippen molar-refractivity contribution in [3.05, 3.63) is 35.9 Å². The van der Waals surface area contributed by atoms with Crippen LogP contribution in [0.5, 0.6) is 0 Å². The molecule has 1 aliphatic heterocycles. The second kappa shape index (κ2) is 7.24. The Morgan fingerprint density at radius 3 is 2.68 bits per heavy atom. The standard InChI is InChI=1S/C16H20FNO4/c1-2-21-14(19)16(17)9-6-10-18(12-16)15(20)22-11-13-7-4-3-5-8-13/h3-5,7-8H,2,6,9-12H2,1H3/t16-/m0/s1. The summed E-state index contributed by atoms with van der Waals surface area (Å²) in [6, 6.07) is 9.23. The highest BCUT2D eigenvalue weighted by Gasteiger charge is 2.45. The van der Waals surface area contributed by atoms with Gasteiger partial charge in [0.2, 0.25) is 5.67 Å². The van der Waals surface area contributed by atoms with Crippen molar-refractivity contribution in [1.29, 1.82) is 0 Å². The van der Waals surface area contributed by atoms with Gasteiger partial charge >= 0.3 is 12.1 Å². The SMILES string of the molecule is CCOC(=O)[C@]1(F)CCCN(C(=O)OCc2ccccc2)C1. The first-order valence-electron chi connectivity index (χ1n) is 7.37. The molecule has 1 saturated heterocycles. The van der Waals surface area contributed by atoms with E-state index in [1.807, 2.05) is 30.3 Å². The van der Waals surface area contributed by atoms with Crippen LogP contribution < -0.4 is 0 Å². The zero-order valence-electron chi connectivity index (χ0n) is 12.6. The second-order valence-electron chi connectivity index (χ2n) is 5.25. The van der Waals surface area contributed by atoms with E-state index < -0.39 is 17.7 Å². The van der Waals surface area contributed by atoms with Gasteiger partial charge in [-0.05, 0) is 25.3 Å². The van der Waals surface area contributed by atoms with Gasteiger partial charge in [-0.25, -0.2) is 14.0 Å². The maximum Gasteiger partial charge on any atom is 0.410 e. The predicted molar refractivity (Wildman–Crippen MR) is 77.9 cm³/mol. The molecule has 1 atom stereocenters. The molecular formula is C16H20FNO4. The van der Waals surface area contributed by atoms with Crippen LogP contribution in [-0.4, -0.2) is 42.3 Å². The van der Waals surface area contributed by atoms with Crippen LogP contribution in [0.2, 0.25) is 0 Å². The molecular weight excluding hydrogens is 289 g/mol. The maximum absolute atomic E-state index is 14.6. The van der Waals surface area contributed by atoms with E-state index in [0.29, 0.717) is 13.0 Å². The Morgan fingerprint density at radius 2 is 2.00 bits per heavy atom. The van der Waals surface area contributed by atoms with Crippen LogP contribution >= 0.6 is 0 Å². The van der Waals surface area contributed by atoms with Gasteiger partial charge in [0.1, 0.15) is 6.61 Å². The number of carbonyl (C=O) groups excluding carboxylic acids is 2. The van der Waals surface area contributed by atoms with Gasteiger partial charge in [0.15, 0.2) is 0 Å². The number of alkyl halides is 1. The quantitative estimate of drug-likeness (QED) is 0.802. The fourth-order valence-corrected chi connectivity index (χ4v) is 2.40. The fourth-order valence-electron chi connectivity index (χ4n) is 2.40. The van der Waals surface area contributed by atoms with Gasteiger partial charge in [-0.15, -0.1) is 0 Å².